The maximum Gasteiger partial charge on any atom is 0.241 e. The summed E-state index contributed by atoms with van der Waals surface area (Å²) in [6, 6.07) is 9.56. The number of carbonyl (C=O) groups is 1. The van der Waals surface area contributed by atoms with Gasteiger partial charge in [0.2, 0.25) is 11.8 Å². The minimum absolute atomic E-state index is 0.0207. The molecular formula is C29H41ClN4O4Si. The van der Waals surface area contributed by atoms with Crippen LogP contribution in [0.2, 0.25) is 23.3 Å². The van der Waals surface area contributed by atoms with Crippen molar-refractivity contribution in [3.63, 3.8) is 0 Å². The largest absolute Gasteiger partial charge is 0.497 e. The second-order valence-electron chi connectivity index (χ2n) is 11.9. The molecule has 1 fully saturated rings. The Hall–Kier alpha value is -2.62. The van der Waals surface area contributed by atoms with Crippen LogP contribution in [0.3, 0.4) is 0 Å². The Morgan fingerprint density at radius 2 is 1.87 bits per heavy atom. The van der Waals surface area contributed by atoms with Crippen molar-refractivity contribution >= 4 is 36.9 Å². The summed E-state index contributed by atoms with van der Waals surface area (Å²) in [5.41, 5.74) is 2.58. The molecule has 2 aromatic heterocycles. The smallest absolute Gasteiger partial charge is 0.241 e. The molecule has 0 bridgehead atoms. The van der Waals surface area contributed by atoms with Crippen molar-refractivity contribution < 1.29 is 18.7 Å². The van der Waals surface area contributed by atoms with Crippen LogP contribution in [-0.2, 0) is 15.8 Å². The lowest BCUT2D eigenvalue weighted by molar-refractivity contribution is -0.129. The van der Waals surface area contributed by atoms with Gasteiger partial charge in [0.25, 0.3) is 0 Å². The van der Waals surface area contributed by atoms with Crippen molar-refractivity contribution in [3.8, 4) is 11.6 Å². The molecule has 10 heteroatoms. The Balaban J connectivity index is 1.47. The van der Waals surface area contributed by atoms with E-state index in [-0.39, 0.29) is 29.0 Å². The van der Waals surface area contributed by atoms with Gasteiger partial charge >= 0.3 is 0 Å². The number of hydrogen-bond donors (Lipinski definition) is 0. The van der Waals surface area contributed by atoms with Crippen molar-refractivity contribution in [2.45, 2.75) is 77.9 Å². The fourth-order valence-electron chi connectivity index (χ4n) is 4.68. The summed E-state index contributed by atoms with van der Waals surface area (Å²) < 4.78 is 20.1. The highest BCUT2D eigenvalue weighted by Crippen LogP contribution is 2.37. The number of nitrogens with zero attached hydrogens (tertiary/aromatic N) is 4. The highest BCUT2D eigenvalue weighted by Gasteiger charge is 2.38. The van der Waals surface area contributed by atoms with Gasteiger partial charge in [0.1, 0.15) is 22.5 Å². The van der Waals surface area contributed by atoms with E-state index in [1.165, 1.54) is 0 Å². The summed E-state index contributed by atoms with van der Waals surface area (Å²) in [7, 11) is -0.223. The van der Waals surface area contributed by atoms with Crippen LogP contribution in [0.1, 0.15) is 52.6 Å². The van der Waals surface area contributed by atoms with E-state index in [9.17, 15) is 4.79 Å². The van der Waals surface area contributed by atoms with Gasteiger partial charge in [-0.1, -0.05) is 44.5 Å². The van der Waals surface area contributed by atoms with Crippen LogP contribution in [0, 0.1) is 5.92 Å². The summed E-state index contributed by atoms with van der Waals surface area (Å²) in [6.07, 6.45) is 1.96. The summed E-state index contributed by atoms with van der Waals surface area (Å²) in [4.78, 5) is 24.0. The van der Waals surface area contributed by atoms with E-state index in [0.29, 0.717) is 37.2 Å². The lowest BCUT2D eigenvalue weighted by Crippen LogP contribution is -2.41. The number of methoxy groups -OCH3 is 1. The third kappa shape index (κ3) is 6.42. The van der Waals surface area contributed by atoms with Crippen molar-refractivity contribution in [1.29, 1.82) is 0 Å². The molecule has 1 aromatic carbocycles. The molecule has 0 N–H and O–H groups in total. The quantitative estimate of drug-likeness (QED) is 0.204. The predicted molar refractivity (Wildman–Crippen MR) is 157 cm³/mol. The maximum absolute atomic E-state index is 13.0. The summed E-state index contributed by atoms with van der Waals surface area (Å²) in [5.74, 6) is 1.37. The zero-order valence-electron chi connectivity index (χ0n) is 24.3. The lowest BCUT2D eigenvalue weighted by Gasteiger charge is -2.36. The minimum atomic E-state index is -1.87. The van der Waals surface area contributed by atoms with E-state index >= 15 is 0 Å². The molecule has 0 radical (unpaired) electrons. The fraction of sp³-hybridized carbons (Fsp3) is 0.552. The van der Waals surface area contributed by atoms with E-state index in [1.807, 2.05) is 40.7 Å². The third-order valence-corrected chi connectivity index (χ3v) is 13.1. The highest BCUT2D eigenvalue weighted by molar-refractivity contribution is 6.74. The normalized spacial score (nSPS) is 18.0. The van der Waals surface area contributed by atoms with E-state index in [0.717, 1.165) is 22.3 Å². The van der Waals surface area contributed by atoms with Gasteiger partial charge in [0.15, 0.2) is 8.32 Å². The molecule has 3 aromatic rings. The Kier molecular flexibility index (Phi) is 8.63. The molecule has 0 spiro atoms. The van der Waals surface area contributed by atoms with Crippen LogP contribution >= 0.6 is 11.6 Å². The molecule has 4 rings (SSSR count). The van der Waals surface area contributed by atoms with Crippen molar-refractivity contribution in [3.05, 3.63) is 47.4 Å². The molecule has 8 nitrogen and oxygen atoms in total. The number of pyridine rings is 1. The number of fused-ring (bicyclic) bond motifs is 1. The van der Waals surface area contributed by atoms with Gasteiger partial charge in [0.05, 0.1) is 31.6 Å². The van der Waals surface area contributed by atoms with E-state index in [1.54, 1.807) is 19.5 Å². The van der Waals surface area contributed by atoms with Gasteiger partial charge in [0, 0.05) is 31.5 Å². The second kappa shape index (κ2) is 11.5. The minimum Gasteiger partial charge on any atom is -0.497 e. The molecular weight excluding hydrogens is 532 g/mol. The first-order chi connectivity index (χ1) is 18.3. The molecule has 0 aliphatic carbocycles. The number of halogens is 1. The van der Waals surface area contributed by atoms with Crippen LogP contribution in [0.4, 0.5) is 0 Å². The average Bonchev–Trinajstić information content (AvgIpc) is 3.46. The molecule has 3 atom stereocenters. The summed E-state index contributed by atoms with van der Waals surface area (Å²) in [5, 5.41) is 0.463. The summed E-state index contributed by atoms with van der Waals surface area (Å²) >= 11 is 6.34. The van der Waals surface area contributed by atoms with Crippen LogP contribution in [0.15, 0.2) is 36.7 Å². The van der Waals surface area contributed by atoms with E-state index < -0.39 is 8.32 Å². The molecule has 1 aliphatic heterocycles. The molecule has 3 heterocycles. The third-order valence-electron chi connectivity index (χ3n) is 8.35. The Bertz CT molecular complexity index is 1310. The van der Waals surface area contributed by atoms with Gasteiger partial charge < -0.3 is 23.4 Å². The van der Waals surface area contributed by atoms with Gasteiger partial charge in [-0.2, -0.15) is 4.98 Å². The number of amides is 1. The molecule has 1 aliphatic rings. The number of likely N-dealkylation sites (tertiary alicyclic amines) is 1. The van der Waals surface area contributed by atoms with Crippen LogP contribution < -0.4 is 9.47 Å². The lowest BCUT2D eigenvalue weighted by atomic mass is 10.0. The number of aromatic nitrogens is 3. The van der Waals surface area contributed by atoms with Gasteiger partial charge in [-0.05, 0) is 49.7 Å². The monoisotopic (exact) mass is 572 g/mol. The number of benzene rings is 1. The first-order valence-electron chi connectivity index (χ1n) is 13.6. The van der Waals surface area contributed by atoms with Gasteiger partial charge in [-0.3, -0.25) is 4.79 Å². The van der Waals surface area contributed by atoms with Crippen molar-refractivity contribution in [1.82, 2.24) is 19.4 Å². The molecule has 39 heavy (non-hydrogen) atoms. The van der Waals surface area contributed by atoms with E-state index in [2.05, 4.69) is 50.8 Å². The standard InChI is InChI=1S/C29H41ClN4O4Si/c1-19(21-9-11-23(36-6)12-10-21)34-17-22(15-26(34)35)20(2)38-28-27-24(16-25(30)32-28)31-18-33(27)13-14-37-39(7,8)29(3,4)5/h9-12,16,18-20,22H,13-15,17H2,1-8H3/t19?,20?,22-/m1/s1. The molecule has 1 saturated heterocycles. The first-order valence-corrected chi connectivity index (χ1v) is 16.8. The van der Waals surface area contributed by atoms with Crippen LogP contribution in [0.5, 0.6) is 11.6 Å². The summed E-state index contributed by atoms with van der Waals surface area (Å²) in [6.45, 7) is 17.1. The number of carbonyl (C=O) groups excluding carboxylic acids is 1. The molecule has 0 saturated carbocycles. The topological polar surface area (TPSA) is 78.7 Å². The molecule has 1 amide bonds. The van der Waals surface area contributed by atoms with Crippen LogP contribution in [0.25, 0.3) is 11.0 Å². The zero-order valence-corrected chi connectivity index (χ0v) is 26.1. The maximum atomic E-state index is 13.0. The Morgan fingerprint density at radius 3 is 2.51 bits per heavy atom. The van der Waals surface area contributed by atoms with Crippen molar-refractivity contribution in [2.75, 3.05) is 20.3 Å². The Morgan fingerprint density at radius 1 is 1.18 bits per heavy atom. The van der Waals surface area contributed by atoms with E-state index in [4.69, 9.17) is 25.5 Å². The fourth-order valence-corrected chi connectivity index (χ4v) is 5.90. The molecule has 212 valence electrons. The molecule has 2 unspecified atom stereocenters. The first kappa shape index (κ1) is 29.4. The van der Waals surface area contributed by atoms with Gasteiger partial charge in [-0.25, -0.2) is 4.98 Å². The van der Waals surface area contributed by atoms with Gasteiger partial charge in [-0.15, -0.1) is 0 Å². The number of ether oxygens (including phenoxy) is 2. The number of rotatable bonds is 10. The predicted octanol–water partition coefficient (Wildman–Crippen LogP) is 6.49. The number of imidazole rings is 1. The number of hydrogen-bond acceptors (Lipinski definition) is 6. The highest BCUT2D eigenvalue weighted by atomic mass is 35.5. The second-order valence-corrected chi connectivity index (χ2v) is 17.1. The van der Waals surface area contributed by atoms with Crippen molar-refractivity contribution in [2.24, 2.45) is 5.92 Å². The average molecular weight is 573 g/mol. The Labute approximate surface area is 237 Å². The zero-order chi connectivity index (χ0) is 28.5. The SMILES string of the molecule is COc1ccc(C(C)N2C[C@H](C(C)Oc3nc(Cl)cc4ncn(CCO[Si](C)(C)C(C)(C)C)c34)CC2=O)cc1. The van der Waals surface area contributed by atoms with Crippen LogP contribution in [-0.4, -0.2) is 60.0 Å².